The average molecular weight is 1000 g/mol. The molecule has 0 N–H and O–H groups in total. The minimum atomic E-state index is -0.804. The SMILES string of the molecule is CC/C=C\C/C=C\C/C=C\C/C=C\C/C=C\C/C=C\CCCCC(=O)OCC(COC(=O)CCCCCCCCCCCCCC)OC(=O)CCCCCCCC/C=C\C/C=C\C/C=C\CCCCCCC. The lowest BCUT2D eigenvalue weighted by Crippen LogP contribution is -2.30. The van der Waals surface area contributed by atoms with Crippen LogP contribution in [-0.4, -0.2) is 37.2 Å². The van der Waals surface area contributed by atoms with Crippen molar-refractivity contribution in [1.82, 2.24) is 0 Å². The summed E-state index contributed by atoms with van der Waals surface area (Å²) in [4.78, 5) is 38.2. The molecule has 1 unspecified atom stereocenters. The molecule has 0 aliphatic carbocycles. The van der Waals surface area contributed by atoms with Crippen LogP contribution < -0.4 is 0 Å². The van der Waals surface area contributed by atoms with Gasteiger partial charge in [-0.25, -0.2) is 0 Å². The van der Waals surface area contributed by atoms with Crippen molar-refractivity contribution in [2.24, 2.45) is 0 Å². The Balaban J connectivity index is 4.46. The van der Waals surface area contributed by atoms with Crippen LogP contribution in [0.3, 0.4) is 0 Å². The van der Waals surface area contributed by atoms with Gasteiger partial charge in [-0.15, -0.1) is 0 Å². The van der Waals surface area contributed by atoms with Gasteiger partial charge in [0, 0.05) is 19.3 Å². The molecular formula is C66H110O6. The number of hydrogen-bond donors (Lipinski definition) is 0. The molecule has 6 nitrogen and oxygen atoms in total. The van der Waals surface area contributed by atoms with Gasteiger partial charge in [0.15, 0.2) is 6.10 Å². The van der Waals surface area contributed by atoms with E-state index in [2.05, 4.69) is 130 Å². The van der Waals surface area contributed by atoms with Crippen molar-refractivity contribution in [1.29, 1.82) is 0 Å². The zero-order valence-corrected chi connectivity index (χ0v) is 46.9. The molecule has 6 heteroatoms. The number of ether oxygens (including phenoxy) is 3. The molecule has 72 heavy (non-hydrogen) atoms. The first-order valence-corrected chi connectivity index (χ1v) is 29.9. The van der Waals surface area contributed by atoms with E-state index >= 15 is 0 Å². The molecule has 0 aromatic heterocycles. The van der Waals surface area contributed by atoms with Crippen molar-refractivity contribution in [2.45, 2.75) is 277 Å². The monoisotopic (exact) mass is 999 g/mol. The van der Waals surface area contributed by atoms with E-state index in [0.29, 0.717) is 19.3 Å². The Morgan fingerprint density at radius 2 is 0.542 bits per heavy atom. The summed E-state index contributed by atoms with van der Waals surface area (Å²) >= 11 is 0. The number of unbranched alkanes of at least 4 members (excludes halogenated alkanes) is 24. The van der Waals surface area contributed by atoms with Gasteiger partial charge in [-0.05, 0) is 109 Å². The summed E-state index contributed by atoms with van der Waals surface area (Å²) in [7, 11) is 0. The number of carbonyl (C=O) groups is 3. The molecule has 0 fully saturated rings. The van der Waals surface area contributed by atoms with Gasteiger partial charge in [-0.3, -0.25) is 14.4 Å². The average Bonchev–Trinajstić information content (AvgIpc) is 3.38. The zero-order chi connectivity index (χ0) is 52.2. The standard InChI is InChI=1S/C66H110O6/c1-4-7-10-13-16-19-22-25-27-29-31-33-35-37-39-41-44-47-50-53-56-59-65(68)71-62-63(61-70-64(67)58-55-52-49-46-43-24-21-18-15-12-9-6-3)72-66(69)60-57-54-51-48-45-42-40-38-36-34-32-30-28-26-23-20-17-14-11-8-5-2/h7,10,16,19,23,25-27,30-33,36-39,44,47,63H,4-6,8-9,11-15,17-18,20-22,24,28-29,34-35,40-43,45-46,48-62H2,1-3H3/b10-7-,19-16-,26-23-,27-25-,32-30-,33-31-,38-36-,39-37-,47-44-. The lowest BCUT2D eigenvalue weighted by Gasteiger charge is -2.18. The van der Waals surface area contributed by atoms with Gasteiger partial charge in [0.1, 0.15) is 13.2 Å². The maximum absolute atomic E-state index is 12.9. The maximum atomic E-state index is 12.9. The molecule has 0 aliphatic heterocycles. The highest BCUT2D eigenvalue weighted by Crippen LogP contribution is 2.15. The Labute approximate surface area is 444 Å². The van der Waals surface area contributed by atoms with E-state index in [-0.39, 0.29) is 31.1 Å². The van der Waals surface area contributed by atoms with Crippen LogP contribution in [0.5, 0.6) is 0 Å². The third kappa shape index (κ3) is 57.0. The summed E-state index contributed by atoms with van der Waals surface area (Å²) in [6, 6.07) is 0. The van der Waals surface area contributed by atoms with Crippen molar-refractivity contribution in [2.75, 3.05) is 13.2 Å². The number of carbonyl (C=O) groups excluding carboxylic acids is 3. The highest BCUT2D eigenvalue weighted by atomic mass is 16.6. The first-order chi connectivity index (χ1) is 35.5. The Kier molecular flexibility index (Phi) is 56.4. The summed E-state index contributed by atoms with van der Waals surface area (Å²) in [5, 5.41) is 0. The number of rotatable bonds is 53. The van der Waals surface area contributed by atoms with Gasteiger partial charge >= 0.3 is 17.9 Å². The first-order valence-electron chi connectivity index (χ1n) is 29.9. The molecule has 410 valence electrons. The van der Waals surface area contributed by atoms with Gasteiger partial charge in [-0.2, -0.15) is 0 Å². The van der Waals surface area contributed by atoms with E-state index in [4.69, 9.17) is 14.2 Å². The van der Waals surface area contributed by atoms with Gasteiger partial charge in [-0.1, -0.05) is 252 Å². The van der Waals surface area contributed by atoms with Crippen LogP contribution in [0, 0.1) is 0 Å². The number of allylic oxidation sites excluding steroid dienone is 18. The first kappa shape index (κ1) is 68.1. The maximum Gasteiger partial charge on any atom is 0.306 e. The molecule has 0 bridgehead atoms. The zero-order valence-electron chi connectivity index (χ0n) is 46.9. The Morgan fingerprint density at radius 3 is 0.875 bits per heavy atom. The lowest BCUT2D eigenvalue weighted by atomic mass is 10.0. The fourth-order valence-corrected chi connectivity index (χ4v) is 8.04. The van der Waals surface area contributed by atoms with E-state index in [1.807, 2.05) is 0 Å². The normalized spacial score (nSPS) is 12.9. The second kappa shape index (κ2) is 59.6. The van der Waals surface area contributed by atoms with E-state index in [1.165, 1.54) is 109 Å². The Morgan fingerprint density at radius 1 is 0.292 bits per heavy atom. The highest BCUT2D eigenvalue weighted by molar-refractivity contribution is 5.71. The quantitative estimate of drug-likeness (QED) is 0.0261. The van der Waals surface area contributed by atoms with Crippen LogP contribution in [0.25, 0.3) is 0 Å². The van der Waals surface area contributed by atoms with E-state index in [1.54, 1.807) is 0 Å². The van der Waals surface area contributed by atoms with Crippen molar-refractivity contribution < 1.29 is 28.6 Å². The fourth-order valence-electron chi connectivity index (χ4n) is 8.04. The summed E-state index contributed by atoms with van der Waals surface area (Å²) in [5.74, 6) is -0.952. The van der Waals surface area contributed by atoms with Crippen LogP contribution in [0.1, 0.15) is 271 Å². The molecular weight excluding hydrogens is 889 g/mol. The van der Waals surface area contributed by atoms with Gasteiger partial charge in [0.25, 0.3) is 0 Å². The molecule has 0 rings (SSSR count). The highest BCUT2D eigenvalue weighted by Gasteiger charge is 2.19. The Hall–Kier alpha value is -3.93. The van der Waals surface area contributed by atoms with Gasteiger partial charge < -0.3 is 14.2 Å². The van der Waals surface area contributed by atoms with Crippen LogP contribution in [0.4, 0.5) is 0 Å². The largest absolute Gasteiger partial charge is 0.462 e. The van der Waals surface area contributed by atoms with Crippen LogP contribution in [0.15, 0.2) is 109 Å². The molecule has 1 atom stereocenters. The lowest BCUT2D eigenvalue weighted by molar-refractivity contribution is -0.167. The molecule has 0 spiro atoms. The molecule has 0 saturated carbocycles. The Bertz CT molecular complexity index is 1470. The fraction of sp³-hybridized carbons (Fsp3) is 0.682. The third-order valence-corrected chi connectivity index (χ3v) is 12.5. The van der Waals surface area contributed by atoms with E-state index in [9.17, 15) is 14.4 Å². The van der Waals surface area contributed by atoms with E-state index in [0.717, 1.165) is 122 Å². The van der Waals surface area contributed by atoms with Crippen molar-refractivity contribution in [3.63, 3.8) is 0 Å². The topological polar surface area (TPSA) is 78.9 Å². The van der Waals surface area contributed by atoms with Crippen LogP contribution >= 0.6 is 0 Å². The molecule has 0 aromatic rings. The molecule has 0 heterocycles. The smallest absolute Gasteiger partial charge is 0.306 e. The van der Waals surface area contributed by atoms with E-state index < -0.39 is 6.10 Å². The summed E-state index contributed by atoms with van der Waals surface area (Å²) in [6.07, 6.45) is 80.8. The number of hydrogen-bond acceptors (Lipinski definition) is 6. The van der Waals surface area contributed by atoms with Crippen molar-refractivity contribution in [3.8, 4) is 0 Å². The predicted molar refractivity (Wildman–Crippen MR) is 311 cm³/mol. The van der Waals surface area contributed by atoms with Gasteiger partial charge in [0.2, 0.25) is 0 Å². The van der Waals surface area contributed by atoms with Crippen LogP contribution in [-0.2, 0) is 28.6 Å². The minimum Gasteiger partial charge on any atom is -0.462 e. The summed E-state index contributed by atoms with van der Waals surface area (Å²) < 4.78 is 16.8. The third-order valence-electron chi connectivity index (χ3n) is 12.5. The molecule has 0 amide bonds. The summed E-state index contributed by atoms with van der Waals surface area (Å²) in [6.45, 7) is 6.47. The van der Waals surface area contributed by atoms with Crippen molar-refractivity contribution in [3.05, 3.63) is 109 Å². The van der Waals surface area contributed by atoms with Crippen LogP contribution in [0.2, 0.25) is 0 Å². The predicted octanol–water partition coefficient (Wildman–Crippen LogP) is 20.3. The molecule has 0 saturated heterocycles. The van der Waals surface area contributed by atoms with Gasteiger partial charge in [0.05, 0.1) is 0 Å². The molecule has 0 radical (unpaired) electrons. The minimum absolute atomic E-state index is 0.0970. The second-order valence-electron chi connectivity index (χ2n) is 19.5. The number of esters is 3. The summed E-state index contributed by atoms with van der Waals surface area (Å²) in [5.41, 5.74) is 0. The van der Waals surface area contributed by atoms with Crippen molar-refractivity contribution >= 4 is 17.9 Å². The second-order valence-corrected chi connectivity index (χ2v) is 19.5. The molecule has 0 aromatic carbocycles. The molecule has 0 aliphatic rings.